The normalized spacial score (nSPS) is 28.7. The number of benzene rings is 1. The second-order valence-electron chi connectivity index (χ2n) is 5.61. The van der Waals surface area contributed by atoms with E-state index in [9.17, 15) is 0 Å². The van der Waals surface area contributed by atoms with Crippen molar-refractivity contribution in [2.45, 2.75) is 50.6 Å². The summed E-state index contributed by atoms with van der Waals surface area (Å²) in [6.07, 6.45) is 8.33. The van der Waals surface area contributed by atoms with Crippen LogP contribution in [0.1, 0.15) is 50.1 Å². The predicted octanol–water partition coefficient (Wildman–Crippen LogP) is 3.77. The minimum Gasteiger partial charge on any atom is -0.497 e. The Morgan fingerprint density at radius 2 is 1.78 bits per heavy atom. The maximum absolute atomic E-state index is 5.25. The van der Waals surface area contributed by atoms with E-state index in [1.165, 1.54) is 50.6 Å². The van der Waals surface area contributed by atoms with E-state index in [4.69, 9.17) is 4.74 Å². The number of rotatable bonds is 2. The molecule has 2 unspecified atom stereocenters. The molecule has 2 heteroatoms. The topological polar surface area (TPSA) is 12.5 Å². The molecule has 2 atom stereocenters. The SMILES string of the molecule is COc1ccc(C2CCCC3CCCCN32)cc1. The second-order valence-corrected chi connectivity index (χ2v) is 5.61. The van der Waals surface area contributed by atoms with E-state index in [1.54, 1.807) is 7.11 Å². The molecule has 0 radical (unpaired) electrons. The molecule has 0 saturated carbocycles. The summed E-state index contributed by atoms with van der Waals surface area (Å²) in [5.74, 6) is 0.963. The van der Waals surface area contributed by atoms with Crippen LogP contribution in [0.5, 0.6) is 5.75 Å². The fourth-order valence-electron chi connectivity index (χ4n) is 3.64. The molecule has 18 heavy (non-hydrogen) atoms. The van der Waals surface area contributed by atoms with Gasteiger partial charge in [-0.15, -0.1) is 0 Å². The number of nitrogens with zero attached hydrogens (tertiary/aromatic N) is 1. The minimum absolute atomic E-state index is 0.648. The molecule has 1 aromatic carbocycles. The van der Waals surface area contributed by atoms with Gasteiger partial charge in [-0.1, -0.05) is 18.6 Å². The van der Waals surface area contributed by atoms with Gasteiger partial charge < -0.3 is 4.74 Å². The maximum atomic E-state index is 5.25. The van der Waals surface area contributed by atoms with Gasteiger partial charge >= 0.3 is 0 Å². The average Bonchev–Trinajstić information content (AvgIpc) is 2.47. The Morgan fingerprint density at radius 3 is 2.56 bits per heavy atom. The van der Waals surface area contributed by atoms with E-state index in [-0.39, 0.29) is 0 Å². The lowest BCUT2D eigenvalue weighted by molar-refractivity contribution is 0.0518. The van der Waals surface area contributed by atoms with Gasteiger partial charge in [0.25, 0.3) is 0 Å². The predicted molar refractivity (Wildman–Crippen MR) is 73.9 cm³/mol. The van der Waals surface area contributed by atoms with Crippen LogP contribution in [-0.4, -0.2) is 24.6 Å². The van der Waals surface area contributed by atoms with Crippen molar-refractivity contribution in [3.05, 3.63) is 29.8 Å². The minimum atomic E-state index is 0.648. The van der Waals surface area contributed by atoms with Crippen molar-refractivity contribution < 1.29 is 4.74 Å². The number of piperidine rings is 2. The molecule has 2 saturated heterocycles. The van der Waals surface area contributed by atoms with Crippen LogP contribution < -0.4 is 4.74 Å². The van der Waals surface area contributed by atoms with Gasteiger partial charge in [0.2, 0.25) is 0 Å². The van der Waals surface area contributed by atoms with Crippen molar-refractivity contribution in [3.63, 3.8) is 0 Å². The molecule has 0 spiro atoms. The average molecular weight is 245 g/mol. The third kappa shape index (κ3) is 2.26. The highest BCUT2D eigenvalue weighted by atomic mass is 16.5. The molecule has 0 amide bonds. The van der Waals surface area contributed by atoms with Crippen molar-refractivity contribution in [2.24, 2.45) is 0 Å². The molecule has 1 aromatic rings. The molecule has 2 nitrogen and oxygen atoms in total. The van der Waals surface area contributed by atoms with Crippen LogP contribution in [0, 0.1) is 0 Å². The van der Waals surface area contributed by atoms with E-state index < -0.39 is 0 Å². The van der Waals surface area contributed by atoms with Crippen LogP contribution in [-0.2, 0) is 0 Å². The molecular weight excluding hydrogens is 222 g/mol. The van der Waals surface area contributed by atoms with Crippen LogP contribution in [0.15, 0.2) is 24.3 Å². The Balaban J connectivity index is 1.80. The zero-order valence-corrected chi connectivity index (χ0v) is 11.3. The molecular formula is C16H23NO. The summed E-state index contributed by atoms with van der Waals surface area (Å²) in [7, 11) is 1.73. The first kappa shape index (κ1) is 12.0. The zero-order valence-electron chi connectivity index (χ0n) is 11.3. The van der Waals surface area contributed by atoms with Crippen molar-refractivity contribution in [2.75, 3.05) is 13.7 Å². The fourth-order valence-corrected chi connectivity index (χ4v) is 3.64. The van der Waals surface area contributed by atoms with Crippen LogP contribution in [0.25, 0.3) is 0 Å². The molecule has 3 rings (SSSR count). The zero-order chi connectivity index (χ0) is 12.4. The highest BCUT2D eigenvalue weighted by Gasteiger charge is 2.32. The van der Waals surface area contributed by atoms with Crippen molar-refractivity contribution in [1.29, 1.82) is 0 Å². The first-order chi connectivity index (χ1) is 8.88. The fraction of sp³-hybridized carbons (Fsp3) is 0.625. The van der Waals surface area contributed by atoms with E-state index in [0.717, 1.165) is 11.8 Å². The molecule has 0 N–H and O–H groups in total. The lowest BCUT2D eigenvalue weighted by Crippen LogP contribution is -2.44. The van der Waals surface area contributed by atoms with Crippen molar-refractivity contribution in [1.82, 2.24) is 4.90 Å². The van der Waals surface area contributed by atoms with E-state index in [2.05, 4.69) is 29.2 Å². The van der Waals surface area contributed by atoms with Crippen molar-refractivity contribution in [3.8, 4) is 5.75 Å². The van der Waals surface area contributed by atoms with Crippen LogP contribution in [0.2, 0.25) is 0 Å². The Hall–Kier alpha value is -1.02. The summed E-state index contributed by atoms with van der Waals surface area (Å²) < 4.78 is 5.25. The third-order valence-corrected chi connectivity index (χ3v) is 4.59. The highest BCUT2D eigenvalue weighted by molar-refractivity contribution is 5.29. The smallest absolute Gasteiger partial charge is 0.118 e. The quantitative estimate of drug-likeness (QED) is 0.786. The first-order valence-corrected chi connectivity index (χ1v) is 7.28. The second kappa shape index (κ2) is 5.31. The molecule has 2 aliphatic heterocycles. The summed E-state index contributed by atoms with van der Waals surface area (Å²) in [6.45, 7) is 1.29. The van der Waals surface area contributed by atoms with E-state index in [1.807, 2.05) is 0 Å². The molecule has 2 aliphatic rings. The van der Waals surface area contributed by atoms with Crippen molar-refractivity contribution >= 4 is 0 Å². The summed E-state index contributed by atoms with van der Waals surface area (Å²) in [5, 5.41) is 0. The first-order valence-electron chi connectivity index (χ1n) is 7.28. The summed E-state index contributed by atoms with van der Waals surface area (Å²) in [5.41, 5.74) is 1.47. The van der Waals surface area contributed by atoms with Crippen LogP contribution in [0.3, 0.4) is 0 Å². The van der Waals surface area contributed by atoms with Gasteiger partial charge in [0.1, 0.15) is 5.75 Å². The van der Waals surface area contributed by atoms with Gasteiger partial charge in [0.05, 0.1) is 7.11 Å². The molecule has 98 valence electrons. The number of methoxy groups -OCH3 is 1. The van der Waals surface area contributed by atoms with Gasteiger partial charge in [0.15, 0.2) is 0 Å². The Labute approximate surface area is 110 Å². The molecule has 2 fully saturated rings. The molecule has 0 aromatic heterocycles. The number of fused-ring (bicyclic) bond motifs is 1. The van der Waals surface area contributed by atoms with Gasteiger partial charge in [-0.2, -0.15) is 0 Å². The lowest BCUT2D eigenvalue weighted by Gasteiger charge is -2.45. The van der Waals surface area contributed by atoms with E-state index in [0.29, 0.717) is 6.04 Å². The van der Waals surface area contributed by atoms with Gasteiger partial charge in [-0.25, -0.2) is 0 Å². The highest BCUT2D eigenvalue weighted by Crippen LogP contribution is 2.38. The molecule has 2 heterocycles. The Kier molecular flexibility index (Phi) is 3.55. The molecule has 0 aliphatic carbocycles. The maximum Gasteiger partial charge on any atom is 0.118 e. The largest absolute Gasteiger partial charge is 0.497 e. The third-order valence-electron chi connectivity index (χ3n) is 4.59. The summed E-state index contributed by atoms with van der Waals surface area (Å²) in [4.78, 5) is 2.76. The molecule has 0 bridgehead atoms. The number of hydrogen-bond acceptors (Lipinski definition) is 2. The Morgan fingerprint density at radius 1 is 1.00 bits per heavy atom. The van der Waals surface area contributed by atoms with Crippen LogP contribution >= 0.6 is 0 Å². The van der Waals surface area contributed by atoms with Crippen LogP contribution in [0.4, 0.5) is 0 Å². The lowest BCUT2D eigenvalue weighted by atomic mass is 9.86. The summed E-state index contributed by atoms with van der Waals surface area (Å²) >= 11 is 0. The summed E-state index contributed by atoms with van der Waals surface area (Å²) in [6, 6.07) is 10.2. The van der Waals surface area contributed by atoms with Gasteiger partial charge in [-0.05, 0) is 56.3 Å². The number of ether oxygens (including phenoxy) is 1. The Bertz CT molecular complexity index is 385. The van der Waals surface area contributed by atoms with Gasteiger partial charge in [-0.3, -0.25) is 4.90 Å². The van der Waals surface area contributed by atoms with Gasteiger partial charge in [0, 0.05) is 12.1 Å². The standard InChI is InChI=1S/C16H23NO/c1-18-15-10-8-13(9-11-15)16-7-4-6-14-5-2-3-12-17(14)16/h8-11,14,16H,2-7,12H2,1H3. The number of hydrogen-bond donors (Lipinski definition) is 0. The van der Waals surface area contributed by atoms with E-state index >= 15 is 0 Å². The monoisotopic (exact) mass is 245 g/mol.